The summed E-state index contributed by atoms with van der Waals surface area (Å²) in [5.41, 5.74) is 4.73. The van der Waals surface area contributed by atoms with Crippen molar-refractivity contribution in [1.82, 2.24) is 0 Å². The van der Waals surface area contributed by atoms with Crippen molar-refractivity contribution in [2.45, 2.75) is 33.2 Å². The molecule has 0 amide bonds. The van der Waals surface area contributed by atoms with Crippen molar-refractivity contribution in [2.24, 2.45) is 0 Å². The molecular weight excluding hydrogens is 237 g/mol. The molecule has 0 bridgehead atoms. The van der Waals surface area contributed by atoms with Crippen LogP contribution >= 0.6 is 0 Å². The SMILES string of the molecule is Cc1cccc(NC(C)Cc2cccc(F)c2)c1C. The van der Waals surface area contributed by atoms with Gasteiger partial charge >= 0.3 is 0 Å². The fourth-order valence-corrected chi connectivity index (χ4v) is 2.24. The van der Waals surface area contributed by atoms with Gasteiger partial charge in [0.1, 0.15) is 5.82 Å². The molecule has 1 atom stereocenters. The molecule has 19 heavy (non-hydrogen) atoms. The molecule has 0 spiro atoms. The largest absolute Gasteiger partial charge is 0.382 e. The average Bonchev–Trinajstić information content (AvgIpc) is 2.35. The third kappa shape index (κ3) is 3.57. The minimum Gasteiger partial charge on any atom is -0.382 e. The van der Waals surface area contributed by atoms with Crippen LogP contribution in [0, 0.1) is 19.7 Å². The van der Waals surface area contributed by atoms with E-state index in [-0.39, 0.29) is 11.9 Å². The lowest BCUT2D eigenvalue weighted by atomic mass is 10.0. The Bertz CT molecular complexity index is 563. The van der Waals surface area contributed by atoms with Crippen molar-refractivity contribution in [3.05, 3.63) is 65.0 Å². The number of halogens is 1. The van der Waals surface area contributed by atoms with Crippen LogP contribution in [-0.2, 0) is 6.42 Å². The van der Waals surface area contributed by atoms with Gasteiger partial charge in [0.05, 0.1) is 0 Å². The van der Waals surface area contributed by atoms with E-state index < -0.39 is 0 Å². The molecule has 2 heteroatoms. The van der Waals surface area contributed by atoms with Crippen LogP contribution in [0.4, 0.5) is 10.1 Å². The van der Waals surface area contributed by atoms with Crippen LogP contribution in [0.3, 0.4) is 0 Å². The Labute approximate surface area is 114 Å². The third-order valence-corrected chi connectivity index (χ3v) is 3.44. The molecule has 0 saturated heterocycles. The number of hydrogen-bond donors (Lipinski definition) is 1. The number of hydrogen-bond acceptors (Lipinski definition) is 1. The summed E-state index contributed by atoms with van der Waals surface area (Å²) in [6.45, 7) is 6.34. The topological polar surface area (TPSA) is 12.0 Å². The van der Waals surface area contributed by atoms with Crippen LogP contribution in [-0.4, -0.2) is 6.04 Å². The van der Waals surface area contributed by atoms with E-state index in [0.717, 1.165) is 17.7 Å². The molecule has 0 aliphatic carbocycles. The van der Waals surface area contributed by atoms with Crippen molar-refractivity contribution >= 4 is 5.69 Å². The van der Waals surface area contributed by atoms with Crippen LogP contribution in [0.15, 0.2) is 42.5 Å². The first-order chi connectivity index (χ1) is 9.06. The van der Waals surface area contributed by atoms with Gasteiger partial charge in [-0.3, -0.25) is 0 Å². The first-order valence-electron chi connectivity index (χ1n) is 6.63. The van der Waals surface area contributed by atoms with Crippen LogP contribution in [0.5, 0.6) is 0 Å². The maximum absolute atomic E-state index is 13.1. The molecule has 0 aliphatic heterocycles. The zero-order valence-corrected chi connectivity index (χ0v) is 11.7. The molecule has 1 N–H and O–H groups in total. The second kappa shape index (κ2) is 5.87. The highest BCUT2D eigenvalue weighted by Gasteiger charge is 2.07. The Morgan fingerprint density at radius 2 is 1.84 bits per heavy atom. The lowest BCUT2D eigenvalue weighted by Crippen LogP contribution is -2.18. The first-order valence-corrected chi connectivity index (χ1v) is 6.63. The van der Waals surface area contributed by atoms with E-state index in [1.54, 1.807) is 12.1 Å². The zero-order valence-electron chi connectivity index (χ0n) is 11.7. The second-order valence-corrected chi connectivity index (χ2v) is 5.13. The summed E-state index contributed by atoms with van der Waals surface area (Å²) in [4.78, 5) is 0. The van der Waals surface area contributed by atoms with E-state index in [1.807, 2.05) is 6.07 Å². The van der Waals surface area contributed by atoms with Gasteiger partial charge < -0.3 is 5.32 Å². The third-order valence-electron chi connectivity index (χ3n) is 3.44. The quantitative estimate of drug-likeness (QED) is 0.851. The lowest BCUT2D eigenvalue weighted by Gasteiger charge is -2.18. The summed E-state index contributed by atoms with van der Waals surface area (Å²) in [5, 5.41) is 3.50. The Morgan fingerprint density at radius 1 is 1.11 bits per heavy atom. The van der Waals surface area contributed by atoms with Gasteiger partial charge in [-0.1, -0.05) is 24.3 Å². The summed E-state index contributed by atoms with van der Waals surface area (Å²) in [7, 11) is 0. The van der Waals surface area contributed by atoms with Gasteiger partial charge in [0, 0.05) is 11.7 Å². The van der Waals surface area contributed by atoms with Gasteiger partial charge in [0.2, 0.25) is 0 Å². The maximum Gasteiger partial charge on any atom is 0.123 e. The number of benzene rings is 2. The Kier molecular flexibility index (Phi) is 4.20. The summed E-state index contributed by atoms with van der Waals surface area (Å²) < 4.78 is 13.1. The number of rotatable bonds is 4. The number of nitrogens with one attached hydrogen (secondary N) is 1. The van der Waals surface area contributed by atoms with E-state index in [9.17, 15) is 4.39 Å². The molecule has 1 unspecified atom stereocenters. The molecule has 100 valence electrons. The Hall–Kier alpha value is -1.83. The molecule has 2 aromatic carbocycles. The van der Waals surface area contributed by atoms with Crippen molar-refractivity contribution in [3.63, 3.8) is 0 Å². The summed E-state index contributed by atoms with van der Waals surface area (Å²) >= 11 is 0. The van der Waals surface area contributed by atoms with Crippen LogP contribution in [0.25, 0.3) is 0 Å². The molecule has 0 radical (unpaired) electrons. The molecule has 2 aromatic rings. The van der Waals surface area contributed by atoms with E-state index in [2.05, 4.69) is 44.3 Å². The molecule has 0 heterocycles. The Morgan fingerprint density at radius 3 is 2.58 bits per heavy atom. The van der Waals surface area contributed by atoms with Crippen LogP contribution in [0.2, 0.25) is 0 Å². The summed E-state index contributed by atoms with van der Waals surface area (Å²) in [6.07, 6.45) is 0.811. The van der Waals surface area contributed by atoms with Crippen LogP contribution < -0.4 is 5.32 Å². The molecule has 1 nitrogen and oxygen atoms in total. The second-order valence-electron chi connectivity index (χ2n) is 5.13. The van der Waals surface area contributed by atoms with E-state index in [1.165, 1.54) is 17.2 Å². The molecule has 0 saturated carbocycles. The molecule has 2 rings (SSSR count). The van der Waals surface area contributed by atoms with E-state index >= 15 is 0 Å². The Balaban J connectivity index is 2.05. The number of anilines is 1. The normalized spacial score (nSPS) is 12.2. The lowest BCUT2D eigenvalue weighted by molar-refractivity contribution is 0.624. The van der Waals surface area contributed by atoms with E-state index in [0.29, 0.717) is 0 Å². The van der Waals surface area contributed by atoms with Gasteiger partial charge in [-0.05, 0) is 62.1 Å². The van der Waals surface area contributed by atoms with Gasteiger partial charge in [-0.2, -0.15) is 0 Å². The highest BCUT2D eigenvalue weighted by Crippen LogP contribution is 2.19. The minimum atomic E-state index is -0.170. The molecule has 0 aliphatic rings. The van der Waals surface area contributed by atoms with E-state index in [4.69, 9.17) is 0 Å². The number of aryl methyl sites for hydroxylation is 1. The zero-order chi connectivity index (χ0) is 13.8. The molecular formula is C17H20FN. The van der Waals surface area contributed by atoms with Gasteiger partial charge in [0.25, 0.3) is 0 Å². The fraction of sp³-hybridized carbons (Fsp3) is 0.294. The first kappa shape index (κ1) is 13.6. The van der Waals surface area contributed by atoms with Crippen molar-refractivity contribution < 1.29 is 4.39 Å². The highest BCUT2D eigenvalue weighted by molar-refractivity contribution is 5.54. The standard InChI is InChI=1S/C17H20FN/c1-12-6-4-9-17(14(12)3)19-13(2)10-15-7-5-8-16(18)11-15/h4-9,11,13,19H,10H2,1-3H3. The average molecular weight is 257 g/mol. The van der Waals surface area contributed by atoms with Crippen LogP contribution in [0.1, 0.15) is 23.6 Å². The smallest absolute Gasteiger partial charge is 0.123 e. The fourth-order valence-electron chi connectivity index (χ4n) is 2.24. The summed E-state index contributed by atoms with van der Waals surface area (Å²) in [5.74, 6) is -0.170. The van der Waals surface area contributed by atoms with Crippen molar-refractivity contribution in [3.8, 4) is 0 Å². The highest BCUT2D eigenvalue weighted by atomic mass is 19.1. The predicted molar refractivity (Wildman–Crippen MR) is 79.1 cm³/mol. The summed E-state index contributed by atoms with van der Waals surface area (Å²) in [6, 6.07) is 13.3. The van der Waals surface area contributed by atoms with Gasteiger partial charge in [-0.15, -0.1) is 0 Å². The molecule has 0 fully saturated rings. The minimum absolute atomic E-state index is 0.170. The van der Waals surface area contributed by atoms with Crippen molar-refractivity contribution in [2.75, 3.05) is 5.32 Å². The van der Waals surface area contributed by atoms with Gasteiger partial charge in [0.15, 0.2) is 0 Å². The van der Waals surface area contributed by atoms with Crippen molar-refractivity contribution in [1.29, 1.82) is 0 Å². The molecule has 0 aromatic heterocycles. The van der Waals surface area contributed by atoms with Gasteiger partial charge in [-0.25, -0.2) is 4.39 Å². The maximum atomic E-state index is 13.1. The monoisotopic (exact) mass is 257 g/mol. The predicted octanol–water partition coefficient (Wildman–Crippen LogP) is 4.49.